The van der Waals surface area contributed by atoms with Crippen LogP contribution in [0.1, 0.15) is 0 Å². The van der Waals surface area contributed by atoms with Gasteiger partial charge in [-0.1, -0.05) is 23.5 Å². The Morgan fingerprint density at radius 1 is 1.45 bits per heavy atom. The summed E-state index contributed by atoms with van der Waals surface area (Å²) in [5, 5.41) is 14.1. The smallest absolute Gasteiger partial charge is 0.328 e. The Balaban J connectivity index is 2.01. The fraction of sp³-hybridized carbons (Fsp3) is 0.250. The Labute approximate surface area is 118 Å². The number of nitrogens with one attached hydrogen (secondary N) is 2. The third kappa shape index (κ3) is 3.43. The minimum absolute atomic E-state index is 0.109. The number of benzene rings is 1. The van der Waals surface area contributed by atoms with E-state index in [1.54, 1.807) is 0 Å². The molecule has 0 spiro atoms. The molecule has 20 heavy (non-hydrogen) atoms. The largest absolute Gasteiger partial charge is 0.480 e. The van der Waals surface area contributed by atoms with Crippen molar-refractivity contribution >= 4 is 38.7 Å². The van der Waals surface area contributed by atoms with Gasteiger partial charge in [0, 0.05) is 7.11 Å². The molecular weight excluding hydrogens is 282 g/mol. The highest BCUT2D eigenvalue weighted by Crippen LogP contribution is 2.25. The Morgan fingerprint density at radius 3 is 2.85 bits per heavy atom. The number of urea groups is 1. The van der Waals surface area contributed by atoms with E-state index in [1.165, 1.54) is 18.4 Å². The van der Waals surface area contributed by atoms with Crippen molar-refractivity contribution in [2.45, 2.75) is 6.04 Å². The molecule has 0 aliphatic carbocycles. The molecule has 0 saturated heterocycles. The standard InChI is InChI=1S/C12H13N3O4S/c1-19-6-8(10(16)17)13-11(18)15-12-14-7-4-2-3-5-9(7)20-12/h2-5,8H,6H2,1H3,(H,16,17)(H2,13,14,15,18). The van der Waals surface area contributed by atoms with Crippen LogP contribution < -0.4 is 10.6 Å². The molecule has 1 unspecified atom stereocenters. The van der Waals surface area contributed by atoms with Crippen LogP contribution in [0.3, 0.4) is 0 Å². The number of carbonyl (C=O) groups excluding carboxylic acids is 1. The van der Waals surface area contributed by atoms with Crippen molar-refractivity contribution in [3.8, 4) is 0 Å². The Hall–Kier alpha value is -2.19. The molecule has 2 amide bonds. The molecular formula is C12H13N3O4S. The van der Waals surface area contributed by atoms with Gasteiger partial charge in [-0.05, 0) is 12.1 Å². The van der Waals surface area contributed by atoms with Crippen LogP contribution in [0.5, 0.6) is 0 Å². The predicted octanol–water partition coefficient (Wildman–Crippen LogP) is 1.52. The second-order valence-electron chi connectivity index (χ2n) is 3.93. The first-order valence-corrected chi connectivity index (χ1v) is 6.56. The van der Waals surface area contributed by atoms with E-state index in [0.717, 1.165) is 10.2 Å². The van der Waals surface area contributed by atoms with Crippen LogP contribution in [0.15, 0.2) is 24.3 Å². The number of anilines is 1. The quantitative estimate of drug-likeness (QED) is 0.776. The van der Waals surface area contributed by atoms with E-state index < -0.39 is 18.0 Å². The van der Waals surface area contributed by atoms with Gasteiger partial charge in [0.15, 0.2) is 11.2 Å². The Bertz CT molecular complexity index is 595. The first-order chi connectivity index (χ1) is 9.60. The van der Waals surface area contributed by atoms with Crippen LogP contribution in [-0.4, -0.2) is 41.8 Å². The number of rotatable bonds is 5. The van der Waals surface area contributed by atoms with Crippen molar-refractivity contribution in [3.63, 3.8) is 0 Å². The lowest BCUT2D eigenvalue weighted by molar-refractivity contribution is -0.140. The van der Waals surface area contributed by atoms with Crippen LogP contribution in [-0.2, 0) is 9.53 Å². The van der Waals surface area contributed by atoms with Crippen LogP contribution >= 0.6 is 11.3 Å². The summed E-state index contributed by atoms with van der Waals surface area (Å²) >= 11 is 1.31. The number of amides is 2. The molecule has 0 fully saturated rings. The van der Waals surface area contributed by atoms with Crippen molar-refractivity contribution in [1.29, 1.82) is 0 Å². The van der Waals surface area contributed by atoms with Crippen molar-refractivity contribution < 1.29 is 19.4 Å². The van der Waals surface area contributed by atoms with Crippen LogP contribution in [0, 0.1) is 0 Å². The number of aromatic nitrogens is 1. The number of aliphatic carboxylic acids is 1. The molecule has 7 nitrogen and oxygen atoms in total. The average molecular weight is 295 g/mol. The number of carbonyl (C=O) groups is 2. The number of hydrogen-bond donors (Lipinski definition) is 3. The van der Waals surface area contributed by atoms with Gasteiger partial charge in [0.05, 0.1) is 16.8 Å². The maximum atomic E-state index is 11.7. The molecule has 0 aliphatic heterocycles. The van der Waals surface area contributed by atoms with Gasteiger partial charge < -0.3 is 15.2 Å². The van der Waals surface area contributed by atoms with Gasteiger partial charge in [0.25, 0.3) is 0 Å². The van der Waals surface area contributed by atoms with Crippen LogP contribution in [0.25, 0.3) is 10.2 Å². The molecule has 0 aliphatic rings. The van der Waals surface area contributed by atoms with E-state index in [1.807, 2.05) is 24.3 Å². The zero-order valence-corrected chi connectivity index (χ0v) is 11.4. The van der Waals surface area contributed by atoms with E-state index in [0.29, 0.717) is 5.13 Å². The number of para-hydroxylation sites is 1. The predicted molar refractivity (Wildman–Crippen MR) is 75.1 cm³/mol. The highest BCUT2D eigenvalue weighted by Gasteiger charge is 2.20. The topological polar surface area (TPSA) is 101 Å². The highest BCUT2D eigenvalue weighted by atomic mass is 32.1. The van der Waals surface area contributed by atoms with Gasteiger partial charge >= 0.3 is 12.0 Å². The Kier molecular flexibility index (Phi) is 4.49. The highest BCUT2D eigenvalue weighted by molar-refractivity contribution is 7.22. The summed E-state index contributed by atoms with van der Waals surface area (Å²) in [4.78, 5) is 26.8. The number of fused-ring (bicyclic) bond motifs is 1. The van der Waals surface area contributed by atoms with Gasteiger partial charge in [-0.25, -0.2) is 14.6 Å². The number of methoxy groups -OCH3 is 1. The van der Waals surface area contributed by atoms with Crippen molar-refractivity contribution in [3.05, 3.63) is 24.3 Å². The normalized spacial score (nSPS) is 12.1. The van der Waals surface area contributed by atoms with Gasteiger partial charge in [-0.2, -0.15) is 0 Å². The maximum absolute atomic E-state index is 11.7. The monoisotopic (exact) mass is 295 g/mol. The minimum atomic E-state index is -1.16. The second kappa shape index (κ2) is 6.31. The first kappa shape index (κ1) is 14.2. The van der Waals surface area contributed by atoms with Crippen LogP contribution in [0.2, 0.25) is 0 Å². The Morgan fingerprint density at radius 2 is 2.20 bits per heavy atom. The zero-order valence-electron chi connectivity index (χ0n) is 10.6. The average Bonchev–Trinajstić information content (AvgIpc) is 2.79. The molecule has 1 aromatic carbocycles. The van der Waals surface area contributed by atoms with Crippen molar-refractivity contribution in [2.75, 3.05) is 19.0 Å². The lowest BCUT2D eigenvalue weighted by Gasteiger charge is -2.13. The van der Waals surface area contributed by atoms with Crippen LogP contribution in [0.4, 0.5) is 9.93 Å². The van der Waals surface area contributed by atoms with E-state index >= 15 is 0 Å². The lowest BCUT2D eigenvalue weighted by atomic mass is 10.3. The van der Waals surface area contributed by atoms with Gasteiger partial charge in [0.2, 0.25) is 0 Å². The van der Waals surface area contributed by atoms with Gasteiger partial charge in [0.1, 0.15) is 0 Å². The number of carboxylic acid groups (broad SMARTS) is 1. The molecule has 2 rings (SSSR count). The number of ether oxygens (including phenoxy) is 1. The summed E-state index contributed by atoms with van der Waals surface area (Å²) in [6.07, 6.45) is 0. The van der Waals surface area contributed by atoms with E-state index in [-0.39, 0.29) is 6.61 Å². The summed E-state index contributed by atoms with van der Waals surface area (Å²) in [5.74, 6) is -1.16. The van der Waals surface area contributed by atoms with E-state index in [2.05, 4.69) is 15.6 Å². The molecule has 1 aromatic heterocycles. The summed E-state index contributed by atoms with van der Waals surface area (Å²) in [5.41, 5.74) is 0.777. The van der Waals surface area contributed by atoms with E-state index in [4.69, 9.17) is 9.84 Å². The number of thiazole rings is 1. The number of carboxylic acids is 1. The zero-order chi connectivity index (χ0) is 14.5. The maximum Gasteiger partial charge on any atom is 0.328 e. The molecule has 0 radical (unpaired) electrons. The summed E-state index contributed by atoms with van der Waals surface area (Å²) in [6, 6.07) is 5.72. The first-order valence-electron chi connectivity index (χ1n) is 5.75. The molecule has 3 N–H and O–H groups in total. The number of hydrogen-bond acceptors (Lipinski definition) is 5. The lowest BCUT2D eigenvalue weighted by Crippen LogP contribution is -2.45. The third-order valence-corrected chi connectivity index (χ3v) is 3.40. The molecule has 0 saturated carbocycles. The summed E-state index contributed by atoms with van der Waals surface area (Å²) in [6.45, 7) is -0.109. The molecule has 106 valence electrons. The SMILES string of the molecule is COCC(NC(=O)Nc1nc2ccccc2s1)C(=O)O. The molecule has 0 bridgehead atoms. The molecule has 1 heterocycles. The molecule has 1 atom stereocenters. The van der Waals surface area contributed by atoms with Gasteiger partial charge in [-0.3, -0.25) is 5.32 Å². The number of nitrogens with zero attached hydrogens (tertiary/aromatic N) is 1. The van der Waals surface area contributed by atoms with Gasteiger partial charge in [-0.15, -0.1) is 0 Å². The second-order valence-corrected chi connectivity index (χ2v) is 4.96. The summed E-state index contributed by atoms with van der Waals surface area (Å²) in [7, 11) is 1.36. The fourth-order valence-corrected chi connectivity index (χ4v) is 2.42. The third-order valence-electron chi connectivity index (χ3n) is 2.45. The van der Waals surface area contributed by atoms with Crippen molar-refractivity contribution in [2.24, 2.45) is 0 Å². The fourth-order valence-electron chi connectivity index (χ4n) is 1.56. The molecule has 2 aromatic rings. The summed E-state index contributed by atoms with van der Waals surface area (Å²) < 4.78 is 5.67. The van der Waals surface area contributed by atoms with Crippen molar-refractivity contribution in [1.82, 2.24) is 10.3 Å². The van der Waals surface area contributed by atoms with E-state index in [9.17, 15) is 9.59 Å². The minimum Gasteiger partial charge on any atom is -0.480 e. The molecule has 8 heteroatoms.